The lowest BCUT2D eigenvalue weighted by Crippen LogP contribution is -2.51. The number of fused-ring (bicyclic) bond motifs is 4. The molecule has 3 aromatic heterocycles. The molecule has 2 bridgehead atoms. The number of cyclic esters (lactones) is 1. The summed E-state index contributed by atoms with van der Waals surface area (Å²) in [6, 6.07) is 13.0. The summed E-state index contributed by atoms with van der Waals surface area (Å²) in [6.07, 6.45) is 6.29. The largest absolute Gasteiger partial charge is 0.451 e. The number of pyridine rings is 2. The third kappa shape index (κ3) is 4.68. The van der Waals surface area contributed by atoms with Crippen molar-refractivity contribution in [1.29, 1.82) is 0 Å². The van der Waals surface area contributed by atoms with Gasteiger partial charge in [-0.1, -0.05) is 35.5 Å². The quantitative estimate of drug-likeness (QED) is 0.258. The number of aliphatic hydroxyl groups is 1. The first-order valence-electron chi connectivity index (χ1n) is 14.3. The van der Waals surface area contributed by atoms with Gasteiger partial charge in [0.2, 0.25) is 0 Å². The van der Waals surface area contributed by atoms with Crippen LogP contribution in [-0.2, 0) is 15.8 Å². The lowest BCUT2D eigenvalue weighted by atomic mass is 9.71. The molecule has 3 saturated heterocycles. The Morgan fingerprint density at radius 3 is 2.40 bits per heavy atom. The van der Waals surface area contributed by atoms with Crippen molar-refractivity contribution in [3.63, 3.8) is 0 Å². The number of carbonyl (C=O) groups is 1. The monoisotopic (exact) mass is 567 g/mol. The highest BCUT2D eigenvalue weighted by molar-refractivity contribution is 5.94. The molecule has 0 saturated carbocycles. The van der Waals surface area contributed by atoms with Crippen LogP contribution >= 0.6 is 0 Å². The third-order valence-corrected chi connectivity index (χ3v) is 8.85. The summed E-state index contributed by atoms with van der Waals surface area (Å²) >= 11 is 0. The van der Waals surface area contributed by atoms with Gasteiger partial charge in [0.1, 0.15) is 17.2 Å². The molecule has 8 rings (SSSR count). The fraction of sp³-hybridized carbons (Fsp3) is 0.387. The van der Waals surface area contributed by atoms with Gasteiger partial charge in [0.15, 0.2) is 5.82 Å². The second-order valence-corrected chi connectivity index (χ2v) is 11.8. The molecular formula is C31H33N7O4. The Morgan fingerprint density at radius 1 is 1.00 bits per heavy atom. The highest BCUT2D eigenvalue weighted by Gasteiger charge is 2.44. The summed E-state index contributed by atoms with van der Waals surface area (Å²) < 4.78 is 11.3. The summed E-state index contributed by atoms with van der Waals surface area (Å²) in [4.78, 5) is 28.7. The summed E-state index contributed by atoms with van der Waals surface area (Å²) in [7, 11) is 0. The number of carbonyl (C=O) groups excluding carboxylic acids is 1. The molecule has 1 atom stereocenters. The van der Waals surface area contributed by atoms with Crippen LogP contribution in [0.1, 0.15) is 66.5 Å². The Labute approximate surface area is 243 Å². The number of piperidine rings is 3. The first kappa shape index (κ1) is 26.5. The SMILES string of the molecule is CC1(C)OC(=O)c2cnc(Nc3cc(N[C@H](CO)c4ccccc4)c(-c4nc(C56CCN(CC5)CC6)no4)cn3)cc21. The molecule has 11 nitrogen and oxygen atoms in total. The highest BCUT2D eigenvalue weighted by Crippen LogP contribution is 2.43. The van der Waals surface area contributed by atoms with Gasteiger partial charge in [-0.05, 0) is 64.4 Å². The van der Waals surface area contributed by atoms with E-state index in [1.165, 1.54) is 6.20 Å². The number of hydrogen-bond acceptors (Lipinski definition) is 11. The van der Waals surface area contributed by atoms with Crippen LogP contribution in [0.4, 0.5) is 17.3 Å². The zero-order valence-corrected chi connectivity index (χ0v) is 23.6. The van der Waals surface area contributed by atoms with Gasteiger partial charge in [-0.3, -0.25) is 0 Å². The van der Waals surface area contributed by atoms with E-state index in [9.17, 15) is 9.90 Å². The predicted molar refractivity (Wildman–Crippen MR) is 155 cm³/mol. The molecule has 0 radical (unpaired) electrons. The van der Waals surface area contributed by atoms with Crippen LogP contribution in [0.25, 0.3) is 11.5 Å². The molecule has 4 aliphatic rings. The molecule has 0 unspecified atom stereocenters. The van der Waals surface area contributed by atoms with Gasteiger partial charge in [0.05, 0.1) is 29.5 Å². The predicted octanol–water partition coefficient (Wildman–Crippen LogP) is 4.56. The molecule has 0 spiro atoms. The molecular weight excluding hydrogens is 534 g/mol. The molecule has 4 aliphatic heterocycles. The molecule has 4 aromatic rings. The maximum atomic E-state index is 12.2. The van der Waals surface area contributed by atoms with Crippen molar-refractivity contribution in [1.82, 2.24) is 25.0 Å². The second kappa shape index (κ2) is 10.2. The first-order valence-corrected chi connectivity index (χ1v) is 14.3. The number of hydrogen-bond donors (Lipinski definition) is 3. The van der Waals surface area contributed by atoms with E-state index in [4.69, 9.17) is 14.2 Å². The third-order valence-electron chi connectivity index (χ3n) is 8.85. The fourth-order valence-electron chi connectivity index (χ4n) is 6.29. The van der Waals surface area contributed by atoms with Crippen molar-refractivity contribution in [2.24, 2.45) is 0 Å². The van der Waals surface area contributed by atoms with Crippen LogP contribution < -0.4 is 10.6 Å². The Hall–Kier alpha value is -4.35. The molecule has 0 amide bonds. The number of aromatic nitrogens is 4. The van der Waals surface area contributed by atoms with Gasteiger partial charge in [-0.15, -0.1) is 0 Å². The van der Waals surface area contributed by atoms with E-state index < -0.39 is 5.60 Å². The molecule has 216 valence electrons. The van der Waals surface area contributed by atoms with Crippen molar-refractivity contribution in [2.75, 3.05) is 36.9 Å². The molecule has 7 heterocycles. The average molecular weight is 568 g/mol. The molecule has 42 heavy (non-hydrogen) atoms. The lowest BCUT2D eigenvalue weighted by molar-refractivity contribution is 0.00954. The maximum Gasteiger partial charge on any atom is 0.341 e. The standard InChI is InChI=1S/C31H33N7O4/c1-30(2)22-14-25(32-16-20(22)28(40)41-30)35-26-15-23(34-24(18-39)19-6-4-3-5-7-19)21(17-33-26)27-36-29(37-42-27)31-8-11-38(12-9-31)13-10-31/h3-7,14-17,24,39H,8-13,18H2,1-2H3,(H2,32,33,34,35)/t24-/m1/s1. The molecule has 0 aliphatic carbocycles. The van der Waals surface area contributed by atoms with E-state index in [1.54, 1.807) is 6.20 Å². The van der Waals surface area contributed by atoms with Crippen molar-refractivity contribution in [3.05, 3.63) is 77.4 Å². The van der Waals surface area contributed by atoms with E-state index in [-0.39, 0.29) is 24.0 Å². The Bertz CT molecular complexity index is 1620. The molecule has 3 fully saturated rings. The Morgan fingerprint density at radius 2 is 1.69 bits per heavy atom. The number of benzene rings is 1. The molecule has 3 N–H and O–H groups in total. The summed E-state index contributed by atoms with van der Waals surface area (Å²) in [5.41, 5.74) is 2.67. The maximum absolute atomic E-state index is 12.2. The lowest BCUT2D eigenvalue weighted by Gasteiger charge is -2.46. The van der Waals surface area contributed by atoms with E-state index in [1.807, 2.05) is 56.3 Å². The minimum Gasteiger partial charge on any atom is -0.451 e. The van der Waals surface area contributed by atoms with E-state index in [0.29, 0.717) is 34.3 Å². The number of anilines is 3. The number of aliphatic hydroxyl groups excluding tert-OH is 1. The summed E-state index contributed by atoms with van der Waals surface area (Å²) in [6.45, 7) is 6.75. The number of esters is 1. The van der Waals surface area contributed by atoms with Crippen LogP contribution in [0, 0.1) is 0 Å². The first-order chi connectivity index (χ1) is 20.3. The van der Waals surface area contributed by atoms with Crippen molar-refractivity contribution < 1.29 is 19.2 Å². The average Bonchev–Trinajstić information content (AvgIpc) is 3.60. The van der Waals surface area contributed by atoms with Crippen molar-refractivity contribution >= 4 is 23.3 Å². The zero-order valence-electron chi connectivity index (χ0n) is 23.6. The molecule has 11 heteroatoms. The highest BCUT2D eigenvalue weighted by atomic mass is 16.6. The van der Waals surface area contributed by atoms with Crippen LogP contribution in [0.5, 0.6) is 0 Å². The normalized spacial score (nSPS) is 22.8. The van der Waals surface area contributed by atoms with E-state index in [0.717, 1.165) is 55.8 Å². The van der Waals surface area contributed by atoms with E-state index in [2.05, 4.69) is 30.7 Å². The van der Waals surface area contributed by atoms with Gasteiger partial charge >= 0.3 is 5.97 Å². The van der Waals surface area contributed by atoms with Gasteiger partial charge in [0, 0.05) is 29.4 Å². The van der Waals surface area contributed by atoms with Gasteiger partial charge in [-0.2, -0.15) is 4.98 Å². The molecule has 1 aromatic carbocycles. The van der Waals surface area contributed by atoms with Gasteiger partial charge in [0.25, 0.3) is 5.89 Å². The van der Waals surface area contributed by atoms with Crippen LogP contribution in [-0.4, -0.2) is 62.3 Å². The summed E-state index contributed by atoms with van der Waals surface area (Å²) in [5, 5.41) is 21.5. The van der Waals surface area contributed by atoms with E-state index >= 15 is 0 Å². The second-order valence-electron chi connectivity index (χ2n) is 11.8. The minimum atomic E-state index is -0.746. The zero-order chi connectivity index (χ0) is 28.9. The van der Waals surface area contributed by atoms with Crippen LogP contribution in [0.3, 0.4) is 0 Å². The smallest absolute Gasteiger partial charge is 0.341 e. The van der Waals surface area contributed by atoms with Crippen LogP contribution in [0.15, 0.2) is 59.4 Å². The van der Waals surface area contributed by atoms with Gasteiger partial charge < -0.3 is 29.9 Å². The Kier molecular flexibility index (Phi) is 6.43. The van der Waals surface area contributed by atoms with Crippen LogP contribution in [0.2, 0.25) is 0 Å². The fourth-order valence-corrected chi connectivity index (χ4v) is 6.29. The number of nitrogens with one attached hydrogen (secondary N) is 2. The number of ether oxygens (including phenoxy) is 1. The van der Waals surface area contributed by atoms with Crippen molar-refractivity contribution in [2.45, 2.75) is 50.2 Å². The van der Waals surface area contributed by atoms with Crippen molar-refractivity contribution in [3.8, 4) is 11.5 Å². The minimum absolute atomic E-state index is 0.0468. The topological polar surface area (TPSA) is 139 Å². The summed E-state index contributed by atoms with van der Waals surface area (Å²) in [5.74, 6) is 1.80. The Balaban J connectivity index is 1.23. The van der Waals surface area contributed by atoms with Gasteiger partial charge in [-0.25, -0.2) is 14.8 Å². The number of rotatable bonds is 8. The number of nitrogens with zero attached hydrogens (tertiary/aromatic N) is 5.